The Bertz CT molecular complexity index is 712. The number of imidazole rings is 1. The van der Waals surface area contributed by atoms with Crippen LogP contribution in [-0.4, -0.2) is 54.4 Å². The fourth-order valence-electron chi connectivity index (χ4n) is 3.61. The van der Waals surface area contributed by atoms with Crippen LogP contribution in [0.15, 0.2) is 23.0 Å². The monoisotopic (exact) mass is 351 g/mol. The molecule has 1 amide bonds. The molecule has 0 spiro atoms. The first kappa shape index (κ1) is 17.0. The molecule has 0 bridgehead atoms. The standard InChI is InChI=1S/C16H21N3O4S/c1-8-12-11(9(2)20)15(21)19(12)13(16(22)23)14(8)24-7-4-10-17-5-6-18(10)3/h5-6,8-9,11-12,20H,4,7H2,1-3H3,(H,22,23). The van der Waals surface area contributed by atoms with Gasteiger partial charge < -0.3 is 19.7 Å². The summed E-state index contributed by atoms with van der Waals surface area (Å²) in [7, 11) is 1.92. The summed E-state index contributed by atoms with van der Waals surface area (Å²) < 4.78 is 1.94. The van der Waals surface area contributed by atoms with Gasteiger partial charge in [0.2, 0.25) is 5.91 Å². The number of aliphatic carboxylic acids is 1. The lowest BCUT2D eigenvalue weighted by molar-refractivity contribution is -0.163. The van der Waals surface area contributed by atoms with Crippen molar-refractivity contribution in [2.45, 2.75) is 32.4 Å². The van der Waals surface area contributed by atoms with E-state index in [0.717, 1.165) is 17.2 Å². The topological polar surface area (TPSA) is 95.7 Å². The predicted molar refractivity (Wildman–Crippen MR) is 89.0 cm³/mol. The van der Waals surface area contributed by atoms with E-state index < -0.39 is 18.0 Å². The Kier molecular flexibility index (Phi) is 4.44. The van der Waals surface area contributed by atoms with Gasteiger partial charge in [0, 0.05) is 42.4 Å². The number of β-lactam (4-membered cyclic amide) rings is 1. The summed E-state index contributed by atoms with van der Waals surface area (Å²) in [6, 6.07) is -0.251. The Morgan fingerprint density at radius 1 is 1.50 bits per heavy atom. The van der Waals surface area contributed by atoms with E-state index in [9.17, 15) is 19.8 Å². The molecule has 3 heterocycles. The fraction of sp³-hybridized carbons (Fsp3) is 0.562. The van der Waals surface area contributed by atoms with Crippen LogP contribution in [0.5, 0.6) is 0 Å². The molecule has 2 N–H and O–H groups in total. The summed E-state index contributed by atoms with van der Waals surface area (Å²) in [5, 5.41) is 19.4. The second kappa shape index (κ2) is 6.25. The molecular weight excluding hydrogens is 330 g/mol. The van der Waals surface area contributed by atoms with E-state index in [-0.39, 0.29) is 23.6 Å². The van der Waals surface area contributed by atoms with Gasteiger partial charge in [-0.2, -0.15) is 0 Å². The van der Waals surface area contributed by atoms with Crippen LogP contribution in [0.2, 0.25) is 0 Å². The van der Waals surface area contributed by atoms with Crippen molar-refractivity contribution in [2.24, 2.45) is 18.9 Å². The zero-order chi connectivity index (χ0) is 17.6. The van der Waals surface area contributed by atoms with E-state index in [0.29, 0.717) is 5.75 Å². The van der Waals surface area contributed by atoms with Crippen molar-refractivity contribution in [1.82, 2.24) is 14.5 Å². The number of aliphatic hydroxyl groups is 1. The number of carboxylic acid groups (broad SMARTS) is 1. The Balaban J connectivity index is 1.77. The first-order valence-corrected chi connectivity index (χ1v) is 8.90. The Morgan fingerprint density at radius 2 is 2.21 bits per heavy atom. The molecule has 0 radical (unpaired) electrons. The molecular formula is C16H21N3O4S. The van der Waals surface area contributed by atoms with E-state index in [4.69, 9.17) is 0 Å². The van der Waals surface area contributed by atoms with Gasteiger partial charge in [0.15, 0.2) is 0 Å². The van der Waals surface area contributed by atoms with Crippen molar-refractivity contribution in [3.05, 3.63) is 28.8 Å². The highest BCUT2D eigenvalue weighted by atomic mass is 32.2. The van der Waals surface area contributed by atoms with Crippen molar-refractivity contribution in [3.8, 4) is 0 Å². The molecule has 24 heavy (non-hydrogen) atoms. The minimum absolute atomic E-state index is 0.0826. The first-order chi connectivity index (χ1) is 11.3. The highest BCUT2D eigenvalue weighted by Crippen LogP contribution is 2.50. The van der Waals surface area contributed by atoms with E-state index >= 15 is 0 Å². The summed E-state index contributed by atoms with van der Waals surface area (Å²) in [5.74, 6) is -0.344. The molecule has 0 aromatic carbocycles. The van der Waals surface area contributed by atoms with E-state index in [1.54, 1.807) is 13.1 Å². The summed E-state index contributed by atoms with van der Waals surface area (Å²) in [4.78, 5) is 30.3. The van der Waals surface area contributed by atoms with Crippen molar-refractivity contribution >= 4 is 23.6 Å². The predicted octanol–water partition coefficient (Wildman–Crippen LogP) is 0.849. The number of carbonyl (C=O) groups is 2. The number of hydrogen-bond acceptors (Lipinski definition) is 5. The van der Waals surface area contributed by atoms with Gasteiger partial charge in [-0.3, -0.25) is 4.79 Å². The average Bonchev–Trinajstić information content (AvgIpc) is 3.00. The lowest BCUT2D eigenvalue weighted by Crippen LogP contribution is -2.63. The summed E-state index contributed by atoms with van der Waals surface area (Å²) in [6.45, 7) is 3.51. The molecule has 8 heteroatoms. The maximum absolute atomic E-state index is 12.2. The summed E-state index contributed by atoms with van der Waals surface area (Å²) in [5.41, 5.74) is 0.0826. The van der Waals surface area contributed by atoms with E-state index in [2.05, 4.69) is 4.98 Å². The molecule has 3 rings (SSSR count). The van der Waals surface area contributed by atoms with Gasteiger partial charge in [0.25, 0.3) is 0 Å². The van der Waals surface area contributed by atoms with E-state index in [1.165, 1.54) is 16.7 Å². The van der Waals surface area contributed by atoms with Gasteiger partial charge >= 0.3 is 5.97 Å². The molecule has 1 fully saturated rings. The maximum atomic E-state index is 12.2. The van der Waals surface area contributed by atoms with Gasteiger partial charge in [0.1, 0.15) is 11.5 Å². The SMILES string of the molecule is CC(O)C1C(=O)N2C(C(=O)O)=C(SCCc3nccn3C)C(C)C12. The van der Waals surface area contributed by atoms with Crippen LogP contribution in [0.3, 0.4) is 0 Å². The molecule has 1 aromatic heterocycles. The van der Waals surface area contributed by atoms with Crippen molar-refractivity contribution in [2.75, 3.05) is 5.75 Å². The van der Waals surface area contributed by atoms with Gasteiger partial charge in [-0.15, -0.1) is 11.8 Å². The van der Waals surface area contributed by atoms with Crippen LogP contribution in [0.25, 0.3) is 0 Å². The molecule has 2 aliphatic heterocycles. The number of amides is 1. The molecule has 130 valence electrons. The van der Waals surface area contributed by atoms with Crippen molar-refractivity contribution < 1.29 is 19.8 Å². The third-order valence-electron chi connectivity index (χ3n) is 4.82. The minimum Gasteiger partial charge on any atom is -0.477 e. The second-order valence-electron chi connectivity index (χ2n) is 6.32. The maximum Gasteiger partial charge on any atom is 0.353 e. The molecule has 2 aliphatic rings. The molecule has 0 saturated carbocycles. The Labute approximate surface area is 144 Å². The Hall–Kier alpha value is -1.80. The third-order valence-corrected chi connectivity index (χ3v) is 6.10. The smallest absolute Gasteiger partial charge is 0.353 e. The van der Waals surface area contributed by atoms with Crippen molar-refractivity contribution in [3.63, 3.8) is 0 Å². The number of fused-ring (bicyclic) bond motifs is 1. The van der Waals surface area contributed by atoms with Crippen LogP contribution in [0, 0.1) is 11.8 Å². The molecule has 7 nitrogen and oxygen atoms in total. The molecule has 4 atom stereocenters. The molecule has 1 aromatic rings. The van der Waals surface area contributed by atoms with Gasteiger partial charge in [-0.05, 0) is 6.92 Å². The highest BCUT2D eigenvalue weighted by molar-refractivity contribution is 8.03. The third kappa shape index (κ3) is 2.53. The number of carboxylic acids is 1. The fourth-order valence-corrected chi connectivity index (χ4v) is 4.83. The Morgan fingerprint density at radius 3 is 2.75 bits per heavy atom. The van der Waals surface area contributed by atoms with Crippen LogP contribution < -0.4 is 0 Å². The molecule has 1 saturated heterocycles. The van der Waals surface area contributed by atoms with Crippen LogP contribution >= 0.6 is 11.8 Å². The van der Waals surface area contributed by atoms with Gasteiger partial charge in [-0.25, -0.2) is 9.78 Å². The molecule has 4 unspecified atom stereocenters. The average molecular weight is 351 g/mol. The minimum atomic E-state index is -1.08. The number of rotatable bonds is 6. The highest BCUT2D eigenvalue weighted by Gasteiger charge is 2.59. The molecule has 0 aliphatic carbocycles. The van der Waals surface area contributed by atoms with E-state index in [1.807, 2.05) is 24.7 Å². The van der Waals surface area contributed by atoms with Crippen LogP contribution in [0.1, 0.15) is 19.7 Å². The largest absolute Gasteiger partial charge is 0.477 e. The lowest BCUT2D eigenvalue weighted by atomic mass is 9.79. The van der Waals surface area contributed by atoms with Crippen LogP contribution in [0.4, 0.5) is 0 Å². The number of carbonyl (C=O) groups excluding carboxylic acids is 1. The number of thioether (sulfide) groups is 1. The number of aryl methyl sites for hydroxylation is 2. The first-order valence-electron chi connectivity index (χ1n) is 7.92. The number of aromatic nitrogens is 2. The van der Waals surface area contributed by atoms with Crippen molar-refractivity contribution in [1.29, 1.82) is 0 Å². The number of nitrogens with zero attached hydrogens (tertiary/aromatic N) is 3. The quantitative estimate of drug-likeness (QED) is 0.738. The second-order valence-corrected chi connectivity index (χ2v) is 7.46. The summed E-state index contributed by atoms with van der Waals surface area (Å²) >= 11 is 1.47. The van der Waals surface area contributed by atoms with Gasteiger partial charge in [-0.1, -0.05) is 6.92 Å². The normalized spacial score (nSPS) is 27.2. The number of hydrogen-bond donors (Lipinski definition) is 2. The summed E-state index contributed by atoms with van der Waals surface area (Å²) in [6.07, 6.45) is 3.55. The lowest BCUT2D eigenvalue weighted by Gasteiger charge is -2.46. The van der Waals surface area contributed by atoms with Gasteiger partial charge in [0.05, 0.1) is 18.1 Å². The van der Waals surface area contributed by atoms with Crippen LogP contribution in [-0.2, 0) is 23.1 Å². The zero-order valence-corrected chi connectivity index (χ0v) is 14.7. The zero-order valence-electron chi connectivity index (χ0n) is 13.8. The number of aliphatic hydroxyl groups excluding tert-OH is 1.